The molecule has 112 valence electrons. The van der Waals surface area contributed by atoms with Gasteiger partial charge in [0, 0.05) is 0 Å². The fraction of sp³-hybridized carbons (Fsp3) is 0.625. The molecule has 1 rings (SSSR count). The average molecular weight is 280 g/mol. The molecular weight excluding hydrogens is 256 g/mol. The van der Waals surface area contributed by atoms with Crippen LogP contribution in [0.15, 0.2) is 23.8 Å². The minimum Gasteiger partial charge on any atom is -0.465 e. The number of ether oxygens (including phenoxy) is 2. The minimum absolute atomic E-state index is 0.256. The van der Waals surface area contributed by atoms with E-state index in [0.29, 0.717) is 12.8 Å². The zero-order valence-electron chi connectivity index (χ0n) is 12.6. The van der Waals surface area contributed by atoms with E-state index in [-0.39, 0.29) is 13.2 Å². The summed E-state index contributed by atoms with van der Waals surface area (Å²) in [5.41, 5.74) is 0.0529. The summed E-state index contributed by atoms with van der Waals surface area (Å²) in [7, 11) is 0. The lowest BCUT2D eigenvalue weighted by Gasteiger charge is -2.27. The number of rotatable bonds is 8. The first-order chi connectivity index (χ1) is 9.60. The SMILES string of the molecule is C/C=C/CC(CC=C1CC1)(C(=O)OCC)C(=O)OCC. The van der Waals surface area contributed by atoms with E-state index in [4.69, 9.17) is 9.47 Å². The Hall–Kier alpha value is -1.58. The predicted molar refractivity (Wildman–Crippen MR) is 77.1 cm³/mol. The Kier molecular flexibility index (Phi) is 6.49. The van der Waals surface area contributed by atoms with Crippen LogP contribution in [0.5, 0.6) is 0 Å². The number of esters is 2. The van der Waals surface area contributed by atoms with Gasteiger partial charge in [-0.15, -0.1) is 0 Å². The lowest BCUT2D eigenvalue weighted by molar-refractivity contribution is -0.171. The second-order valence-electron chi connectivity index (χ2n) is 4.86. The van der Waals surface area contributed by atoms with Crippen molar-refractivity contribution >= 4 is 11.9 Å². The zero-order valence-corrected chi connectivity index (χ0v) is 12.6. The molecule has 0 atom stereocenters. The molecule has 0 N–H and O–H groups in total. The molecule has 0 aromatic carbocycles. The van der Waals surface area contributed by atoms with Crippen LogP contribution in [-0.4, -0.2) is 25.2 Å². The number of hydrogen-bond donors (Lipinski definition) is 0. The van der Waals surface area contributed by atoms with Gasteiger partial charge in [0.2, 0.25) is 0 Å². The molecule has 1 fully saturated rings. The van der Waals surface area contributed by atoms with Gasteiger partial charge in [0.15, 0.2) is 5.41 Å². The molecular formula is C16H24O4. The van der Waals surface area contributed by atoms with Crippen molar-refractivity contribution in [2.45, 2.75) is 46.5 Å². The third kappa shape index (κ3) is 4.22. The van der Waals surface area contributed by atoms with Crippen LogP contribution in [0, 0.1) is 5.41 Å². The highest BCUT2D eigenvalue weighted by Gasteiger charge is 2.47. The standard InChI is InChI=1S/C16H24O4/c1-4-7-11-16(14(17)19-5-2,15(18)20-6-3)12-10-13-8-9-13/h4,7,10H,5-6,8-9,11-12H2,1-3H3/b7-4+. The molecule has 4 nitrogen and oxygen atoms in total. The number of hydrogen-bond acceptors (Lipinski definition) is 4. The molecule has 1 aliphatic carbocycles. The van der Waals surface area contributed by atoms with Crippen LogP contribution >= 0.6 is 0 Å². The van der Waals surface area contributed by atoms with Crippen LogP contribution in [0.1, 0.15) is 46.5 Å². The lowest BCUT2D eigenvalue weighted by Crippen LogP contribution is -2.41. The van der Waals surface area contributed by atoms with E-state index in [9.17, 15) is 9.59 Å². The summed E-state index contributed by atoms with van der Waals surface area (Å²) in [6.45, 7) is 5.85. The first-order valence-corrected chi connectivity index (χ1v) is 7.24. The highest BCUT2D eigenvalue weighted by atomic mass is 16.6. The highest BCUT2D eigenvalue weighted by Crippen LogP contribution is 2.36. The third-order valence-electron chi connectivity index (χ3n) is 3.31. The van der Waals surface area contributed by atoms with Crippen LogP contribution in [-0.2, 0) is 19.1 Å². The normalized spacial score (nSPS) is 14.2. The van der Waals surface area contributed by atoms with Gasteiger partial charge in [-0.05, 0) is 46.5 Å². The number of allylic oxidation sites excluding steroid dienone is 4. The van der Waals surface area contributed by atoms with Gasteiger partial charge >= 0.3 is 11.9 Å². The molecule has 0 amide bonds. The van der Waals surface area contributed by atoms with Gasteiger partial charge in [0.1, 0.15) is 0 Å². The highest BCUT2D eigenvalue weighted by molar-refractivity contribution is 6.00. The molecule has 0 spiro atoms. The van der Waals surface area contributed by atoms with E-state index >= 15 is 0 Å². The van der Waals surface area contributed by atoms with Gasteiger partial charge in [-0.3, -0.25) is 9.59 Å². The fourth-order valence-corrected chi connectivity index (χ4v) is 1.95. The third-order valence-corrected chi connectivity index (χ3v) is 3.31. The van der Waals surface area contributed by atoms with Crippen molar-refractivity contribution in [2.75, 3.05) is 13.2 Å². The van der Waals surface area contributed by atoms with Gasteiger partial charge in [-0.25, -0.2) is 0 Å². The Labute approximate surface area is 120 Å². The van der Waals surface area contributed by atoms with Gasteiger partial charge in [-0.1, -0.05) is 23.8 Å². The Morgan fingerprint density at radius 3 is 2.05 bits per heavy atom. The van der Waals surface area contributed by atoms with Crippen molar-refractivity contribution < 1.29 is 19.1 Å². The van der Waals surface area contributed by atoms with Crippen molar-refractivity contribution in [3.05, 3.63) is 23.8 Å². The second kappa shape index (κ2) is 7.88. The Morgan fingerprint density at radius 1 is 1.10 bits per heavy atom. The molecule has 0 radical (unpaired) electrons. The summed E-state index contributed by atoms with van der Waals surface area (Å²) in [6.07, 6.45) is 8.42. The smallest absolute Gasteiger partial charge is 0.324 e. The molecule has 0 aliphatic heterocycles. The van der Waals surface area contributed by atoms with Crippen molar-refractivity contribution in [3.63, 3.8) is 0 Å². The molecule has 0 aromatic heterocycles. The van der Waals surface area contributed by atoms with Crippen LogP contribution in [0.25, 0.3) is 0 Å². The van der Waals surface area contributed by atoms with Crippen LogP contribution < -0.4 is 0 Å². The molecule has 0 unspecified atom stereocenters. The summed E-state index contributed by atoms with van der Waals surface area (Å²) in [4.78, 5) is 24.7. The summed E-state index contributed by atoms with van der Waals surface area (Å²) >= 11 is 0. The quantitative estimate of drug-likeness (QED) is 0.389. The largest absolute Gasteiger partial charge is 0.465 e. The predicted octanol–water partition coefficient (Wildman–Crippen LogP) is 3.18. The molecule has 0 aromatic rings. The van der Waals surface area contributed by atoms with E-state index < -0.39 is 17.4 Å². The second-order valence-corrected chi connectivity index (χ2v) is 4.86. The maximum atomic E-state index is 12.3. The lowest BCUT2D eigenvalue weighted by atomic mass is 9.80. The van der Waals surface area contributed by atoms with Crippen molar-refractivity contribution in [1.82, 2.24) is 0 Å². The Bertz CT molecular complexity index is 383. The maximum Gasteiger partial charge on any atom is 0.324 e. The summed E-state index contributed by atoms with van der Waals surface area (Å²) in [6, 6.07) is 0. The monoisotopic (exact) mass is 280 g/mol. The van der Waals surface area contributed by atoms with E-state index in [1.807, 2.05) is 25.2 Å². The molecule has 20 heavy (non-hydrogen) atoms. The van der Waals surface area contributed by atoms with Gasteiger partial charge < -0.3 is 9.47 Å². The van der Waals surface area contributed by atoms with E-state index in [2.05, 4.69) is 0 Å². The van der Waals surface area contributed by atoms with E-state index in [1.54, 1.807) is 13.8 Å². The maximum absolute atomic E-state index is 12.3. The summed E-state index contributed by atoms with van der Waals surface area (Å²) in [5, 5.41) is 0. The van der Waals surface area contributed by atoms with E-state index in [0.717, 1.165) is 12.8 Å². The first kappa shape index (κ1) is 16.5. The Morgan fingerprint density at radius 2 is 1.65 bits per heavy atom. The van der Waals surface area contributed by atoms with Crippen LogP contribution in [0.4, 0.5) is 0 Å². The molecule has 1 saturated carbocycles. The van der Waals surface area contributed by atoms with Gasteiger partial charge in [0.25, 0.3) is 0 Å². The summed E-state index contributed by atoms with van der Waals surface area (Å²) < 4.78 is 10.2. The van der Waals surface area contributed by atoms with Crippen LogP contribution in [0.3, 0.4) is 0 Å². The average Bonchev–Trinajstić information content (AvgIpc) is 3.24. The topological polar surface area (TPSA) is 52.6 Å². The first-order valence-electron chi connectivity index (χ1n) is 7.24. The Balaban J connectivity index is 3.03. The van der Waals surface area contributed by atoms with Crippen molar-refractivity contribution in [1.29, 1.82) is 0 Å². The number of carbonyl (C=O) groups is 2. The molecule has 1 aliphatic rings. The minimum atomic E-state index is -1.24. The zero-order chi connectivity index (χ0) is 15.0. The number of carbonyl (C=O) groups excluding carboxylic acids is 2. The van der Waals surface area contributed by atoms with Crippen molar-refractivity contribution in [3.8, 4) is 0 Å². The molecule has 0 bridgehead atoms. The van der Waals surface area contributed by atoms with E-state index in [1.165, 1.54) is 5.57 Å². The van der Waals surface area contributed by atoms with Gasteiger partial charge in [-0.2, -0.15) is 0 Å². The molecule has 0 heterocycles. The summed E-state index contributed by atoms with van der Waals surface area (Å²) in [5.74, 6) is -0.983. The fourth-order valence-electron chi connectivity index (χ4n) is 1.95. The van der Waals surface area contributed by atoms with Crippen LogP contribution in [0.2, 0.25) is 0 Å². The van der Waals surface area contributed by atoms with Gasteiger partial charge in [0.05, 0.1) is 13.2 Å². The van der Waals surface area contributed by atoms with Crippen molar-refractivity contribution in [2.24, 2.45) is 5.41 Å². The molecule has 4 heteroatoms. The molecule has 0 saturated heterocycles.